The minimum absolute atomic E-state index is 0.526. The summed E-state index contributed by atoms with van der Waals surface area (Å²) in [6.07, 6.45) is 0. The lowest BCUT2D eigenvalue weighted by Gasteiger charge is -2.28. The molecule has 0 aromatic heterocycles. The quantitative estimate of drug-likeness (QED) is 0.818. The summed E-state index contributed by atoms with van der Waals surface area (Å²) in [6, 6.07) is 6.16. The Kier molecular flexibility index (Phi) is 4.63. The van der Waals surface area contributed by atoms with E-state index in [1.165, 1.54) is 0 Å². The van der Waals surface area contributed by atoms with Crippen molar-refractivity contribution < 1.29 is 0 Å². The van der Waals surface area contributed by atoms with E-state index in [9.17, 15) is 0 Å². The first-order valence-corrected chi connectivity index (χ1v) is 6.03. The van der Waals surface area contributed by atoms with Gasteiger partial charge in [0, 0.05) is 23.3 Å². The molecule has 0 radical (unpaired) electrons. The number of hydrogen-bond donors (Lipinski definition) is 1. The molecule has 0 heterocycles. The fourth-order valence-electron chi connectivity index (χ4n) is 1.63. The summed E-state index contributed by atoms with van der Waals surface area (Å²) in [5, 5.41) is 0.745. The smallest absolute Gasteiger partial charge is 0.0410 e. The molecule has 0 aliphatic carbocycles. The maximum atomic E-state index is 5.97. The molecule has 0 amide bonds. The standard InChI is InChI=1S/C13H21ClN2/c1-9(2)10(3)16(4)8-11-7-12(14)5-6-13(11)15/h5-7,9-10H,8,15H2,1-4H3. The molecule has 1 rings (SSSR count). The molecular formula is C13H21ClN2. The zero-order valence-electron chi connectivity index (χ0n) is 10.5. The highest BCUT2D eigenvalue weighted by atomic mass is 35.5. The Balaban J connectivity index is 2.76. The Morgan fingerprint density at radius 3 is 2.50 bits per heavy atom. The molecule has 90 valence electrons. The predicted octanol–water partition coefficient (Wildman–Crippen LogP) is 3.40. The number of anilines is 1. The third-order valence-corrected chi connectivity index (χ3v) is 3.42. The number of rotatable bonds is 4. The number of nitrogens with zero attached hydrogens (tertiary/aromatic N) is 1. The molecule has 0 aliphatic rings. The van der Waals surface area contributed by atoms with Crippen molar-refractivity contribution in [3.63, 3.8) is 0 Å². The molecule has 0 fully saturated rings. The topological polar surface area (TPSA) is 29.3 Å². The molecule has 16 heavy (non-hydrogen) atoms. The van der Waals surface area contributed by atoms with Gasteiger partial charge in [0.25, 0.3) is 0 Å². The van der Waals surface area contributed by atoms with E-state index >= 15 is 0 Å². The third kappa shape index (κ3) is 3.39. The molecule has 1 atom stereocenters. The van der Waals surface area contributed by atoms with Gasteiger partial charge in [0.1, 0.15) is 0 Å². The van der Waals surface area contributed by atoms with Crippen LogP contribution in [0.1, 0.15) is 26.3 Å². The van der Waals surface area contributed by atoms with E-state index in [0.717, 1.165) is 22.8 Å². The lowest BCUT2D eigenvalue weighted by molar-refractivity contribution is 0.201. The zero-order chi connectivity index (χ0) is 12.3. The minimum atomic E-state index is 0.526. The SMILES string of the molecule is CC(C)C(C)N(C)Cc1cc(Cl)ccc1N. The second-order valence-corrected chi connectivity index (χ2v) is 5.18. The summed E-state index contributed by atoms with van der Waals surface area (Å²) < 4.78 is 0. The molecule has 0 spiro atoms. The van der Waals surface area contributed by atoms with Crippen molar-refractivity contribution in [1.82, 2.24) is 4.90 Å². The van der Waals surface area contributed by atoms with Crippen molar-refractivity contribution in [1.29, 1.82) is 0 Å². The predicted molar refractivity (Wildman–Crippen MR) is 71.6 cm³/mol. The van der Waals surface area contributed by atoms with Crippen molar-refractivity contribution in [2.45, 2.75) is 33.4 Å². The lowest BCUT2D eigenvalue weighted by Crippen LogP contribution is -2.32. The van der Waals surface area contributed by atoms with Crippen LogP contribution in [0.5, 0.6) is 0 Å². The number of nitrogens with two attached hydrogens (primary N) is 1. The van der Waals surface area contributed by atoms with E-state index in [-0.39, 0.29) is 0 Å². The number of hydrogen-bond acceptors (Lipinski definition) is 2. The highest BCUT2D eigenvalue weighted by Gasteiger charge is 2.14. The minimum Gasteiger partial charge on any atom is -0.398 e. The molecule has 0 saturated carbocycles. The summed E-state index contributed by atoms with van der Waals surface area (Å²) in [5.74, 6) is 0.630. The van der Waals surface area contributed by atoms with Crippen LogP contribution in [0, 0.1) is 5.92 Å². The van der Waals surface area contributed by atoms with Gasteiger partial charge >= 0.3 is 0 Å². The van der Waals surface area contributed by atoms with Gasteiger partial charge in [0.2, 0.25) is 0 Å². The molecule has 0 saturated heterocycles. The third-order valence-electron chi connectivity index (χ3n) is 3.18. The molecule has 3 heteroatoms. The normalized spacial score (nSPS) is 13.4. The molecule has 0 aliphatic heterocycles. The van der Waals surface area contributed by atoms with Gasteiger partial charge in [-0.3, -0.25) is 4.90 Å². The van der Waals surface area contributed by atoms with Crippen LogP contribution in [0.4, 0.5) is 5.69 Å². The average molecular weight is 241 g/mol. The first kappa shape index (κ1) is 13.3. The zero-order valence-corrected chi connectivity index (χ0v) is 11.3. The van der Waals surface area contributed by atoms with E-state index in [1.54, 1.807) is 0 Å². The van der Waals surface area contributed by atoms with Gasteiger partial charge in [-0.15, -0.1) is 0 Å². The van der Waals surface area contributed by atoms with E-state index in [2.05, 4.69) is 32.7 Å². The highest BCUT2D eigenvalue weighted by Crippen LogP contribution is 2.21. The van der Waals surface area contributed by atoms with Gasteiger partial charge in [-0.1, -0.05) is 25.4 Å². The van der Waals surface area contributed by atoms with E-state index < -0.39 is 0 Å². The molecule has 1 aromatic rings. The van der Waals surface area contributed by atoms with Crippen molar-refractivity contribution in [2.24, 2.45) is 5.92 Å². The molecular weight excluding hydrogens is 220 g/mol. The summed E-state index contributed by atoms with van der Waals surface area (Å²) in [7, 11) is 2.12. The highest BCUT2D eigenvalue weighted by molar-refractivity contribution is 6.30. The number of nitrogen functional groups attached to an aromatic ring is 1. The Bertz CT molecular complexity index is 350. The average Bonchev–Trinajstić information content (AvgIpc) is 2.22. The fraction of sp³-hybridized carbons (Fsp3) is 0.538. The largest absolute Gasteiger partial charge is 0.398 e. The first-order chi connectivity index (χ1) is 7.41. The number of benzene rings is 1. The Hall–Kier alpha value is -0.730. The lowest BCUT2D eigenvalue weighted by atomic mass is 10.0. The fourth-order valence-corrected chi connectivity index (χ4v) is 1.83. The van der Waals surface area contributed by atoms with Crippen LogP contribution < -0.4 is 5.73 Å². The van der Waals surface area contributed by atoms with Crippen molar-refractivity contribution in [3.05, 3.63) is 28.8 Å². The van der Waals surface area contributed by atoms with Gasteiger partial charge in [-0.2, -0.15) is 0 Å². The molecule has 1 unspecified atom stereocenters. The van der Waals surface area contributed by atoms with Crippen molar-refractivity contribution >= 4 is 17.3 Å². The molecule has 1 aromatic carbocycles. The van der Waals surface area contributed by atoms with Crippen LogP contribution in [0.25, 0.3) is 0 Å². The van der Waals surface area contributed by atoms with E-state index in [4.69, 9.17) is 17.3 Å². The molecule has 2 nitrogen and oxygen atoms in total. The summed E-state index contributed by atoms with van der Waals surface area (Å²) in [5.41, 5.74) is 7.84. The summed E-state index contributed by atoms with van der Waals surface area (Å²) in [4.78, 5) is 2.30. The summed E-state index contributed by atoms with van der Waals surface area (Å²) in [6.45, 7) is 7.52. The van der Waals surface area contributed by atoms with Crippen LogP contribution in [0.15, 0.2) is 18.2 Å². The van der Waals surface area contributed by atoms with Crippen molar-refractivity contribution in [2.75, 3.05) is 12.8 Å². The number of halogens is 1. The Labute approximate surface area is 103 Å². The Morgan fingerprint density at radius 2 is 1.94 bits per heavy atom. The van der Waals surface area contributed by atoms with Crippen LogP contribution in [0.2, 0.25) is 5.02 Å². The van der Waals surface area contributed by atoms with Gasteiger partial charge in [-0.05, 0) is 43.7 Å². The molecule has 0 bridgehead atoms. The van der Waals surface area contributed by atoms with E-state index in [0.29, 0.717) is 12.0 Å². The maximum absolute atomic E-state index is 5.97. The van der Waals surface area contributed by atoms with Crippen molar-refractivity contribution in [3.8, 4) is 0 Å². The molecule has 2 N–H and O–H groups in total. The first-order valence-electron chi connectivity index (χ1n) is 5.66. The second kappa shape index (κ2) is 5.55. The van der Waals surface area contributed by atoms with Crippen LogP contribution in [0.3, 0.4) is 0 Å². The van der Waals surface area contributed by atoms with Gasteiger partial charge in [-0.25, -0.2) is 0 Å². The summed E-state index contributed by atoms with van der Waals surface area (Å²) >= 11 is 5.97. The van der Waals surface area contributed by atoms with Gasteiger partial charge < -0.3 is 5.73 Å². The monoisotopic (exact) mass is 240 g/mol. The Morgan fingerprint density at radius 1 is 1.31 bits per heavy atom. The second-order valence-electron chi connectivity index (χ2n) is 4.74. The van der Waals surface area contributed by atoms with Gasteiger partial charge in [0.05, 0.1) is 0 Å². The van der Waals surface area contributed by atoms with Crippen LogP contribution in [-0.2, 0) is 6.54 Å². The van der Waals surface area contributed by atoms with Crippen LogP contribution >= 0.6 is 11.6 Å². The van der Waals surface area contributed by atoms with Crippen LogP contribution in [-0.4, -0.2) is 18.0 Å². The maximum Gasteiger partial charge on any atom is 0.0410 e. The van der Waals surface area contributed by atoms with E-state index in [1.807, 2.05) is 18.2 Å². The van der Waals surface area contributed by atoms with Gasteiger partial charge in [0.15, 0.2) is 0 Å².